The number of benzene rings is 1. The minimum atomic E-state index is 0. The maximum Gasteiger partial charge on any atom is 0.203 e. The molecular weight excluding hydrogens is 449 g/mol. The highest BCUT2D eigenvalue weighted by Gasteiger charge is 2.28. The normalized spacial score (nSPS) is 18.7. The molecule has 2 heterocycles. The Morgan fingerprint density at radius 3 is 2.23 bits per heavy atom. The van der Waals surface area contributed by atoms with Crippen molar-refractivity contribution >= 4 is 42.9 Å². The van der Waals surface area contributed by atoms with Crippen molar-refractivity contribution in [2.45, 2.75) is 38.1 Å². The van der Waals surface area contributed by atoms with E-state index in [9.17, 15) is 0 Å². The van der Waals surface area contributed by atoms with E-state index in [4.69, 9.17) is 14.2 Å². The van der Waals surface area contributed by atoms with Crippen molar-refractivity contribution < 1.29 is 14.2 Å². The predicted molar refractivity (Wildman–Crippen MR) is 131 cm³/mol. The Bertz CT molecular complexity index is 585. The van der Waals surface area contributed by atoms with Gasteiger partial charge in [-0.05, 0) is 38.8 Å². The van der Waals surface area contributed by atoms with E-state index in [0.29, 0.717) is 17.2 Å². The van der Waals surface area contributed by atoms with E-state index >= 15 is 0 Å². The fourth-order valence-corrected chi connectivity index (χ4v) is 4.30. The second kappa shape index (κ2) is 15.1. The molecule has 1 N–H and O–H groups in total. The third-order valence-electron chi connectivity index (χ3n) is 5.82. The van der Waals surface area contributed by atoms with Gasteiger partial charge in [0.1, 0.15) is 0 Å². The van der Waals surface area contributed by atoms with Crippen LogP contribution in [-0.2, 0) is 0 Å². The molecule has 0 aromatic heterocycles. The summed E-state index contributed by atoms with van der Waals surface area (Å²) in [6, 6.07) is 4.73. The second-order valence-corrected chi connectivity index (χ2v) is 7.53. The second-order valence-electron chi connectivity index (χ2n) is 7.53. The van der Waals surface area contributed by atoms with E-state index in [0.717, 1.165) is 24.7 Å². The van der Waals surface area contributed by atoms with Crippen LogP contribution in [0.5, 0.6) is 17.2 Å². The zero-order chi connectivity index (χ0) is 19.1. The van der Waals surface area contributed by atoms with Crippen LogP contribution in [0.25, 0.3) is 0 Å². The molecule has 2 saturated heterocycles. The highest BCUT2D eigenvalue weighted by Crippen LogP contribution is 2.39. The topological polar surface area (TPSA) is 46.2 Å². The molecule has 0 saturated carbocycles. The van der Waals surface area contributed by atoms with Gasteiger partial charge in [0.2, 0.25) is 5.75 Å². The Hall–Kier alpha value is -0.790. The van der Waals surface area contributed by atoms with Crippen molar-refractivity contribution in [2.24, 2.45) is 0 Å². The number of piperazine rings is 1. The lowest BCUT2D eigenvalue weighted by molar-refractivity contribution is 0.0488. The molecule has 1 atom stereocenters. The van der Waals surface area contributed by atoms with E-state index in [1.807, 2.05) is 12.1 Å². The lowest BCUT2D eigenvalue weighted by atomic mass is 9.99. The van der Waals surface area contributed by atoms with Gasteiger partial charge in [0, 0.05) is 50.0 Å². The van der Waals surface area contributed by atoms with Gasteiger partial charge in [-0.2, -0.15) is 0 Å². The zero-order valence-corrected chi connectivity index (χ0v) is 20.8. The van der Waals surface area contributed by atoms with Crippen LogP contribution in [0.15, 0.2) is 12.1 Å². The monoisotopic (exact) mass is 485 g/mol. The number of rotatable bonds is 9. The maximum absolute atomic E-state index is 5.41. The SMILES string of the molecule is COc1cc(NCCCCN2CCN3CCCCC3C2)cc(OC)c1OC.Cl.Cl.Cl. The Kier molecular flexibility index (Phi) is 14.7. The molecule has 9 heteroatoms. The highest BCUT2D eigenvalue weighted by molar-refractivity contribution is 5.86. The van der Waals surface area contributed by atoms with Crippen molar-refractivity contribution in [3.63, 3.8) is 0 Å². The summed E-state index contributed by atoms with van der Waals surface area (Å²) in [6.07, 6.45) is 6.57. The summed E-state index contributed by atoms with van der Waals surface area (Å²) in [6.45, 7) is 7.23. The predicted octanol–water partition coefficient (Wildman–Crippen LogP) is 4.34. The van der Waals surface area contributed by atoms with Crippen LogP contribution in [0.4, 0.5) is 5.69 Å². The summed E-state index contributed by atoms with van der Waals surface area (Å²) >= 11 is 0. The van der Waals surface area contributed by atoms with Gasteiger partial charge in [-0.15, -0.1) is 37.2 Å². The number of piperidine rings is 1. The van der Waals surface area contributed by atoms with Crippen molar-refractivity contribution in [1.82, 2.24) is 9.80 Å². The van der Waals surface area contributed by atoms with E-state index in [-0.39, 0.29) is 37.2 Å². The van der Waals surface area contributed by atoms with Gasteiger partial charge in [-0.25, -0.2) is 0 Å². The number of anilines is 1. The number of fused-ring (bicyclic) bond motifs is 1. The molecule has 2 aliphatic heterocycles. The molecule has 1 aromatic rings. The van der Waals surface area contributed by atoms with Crippen molar-refractivity contribution in [3.05, 3.63) is 12.1 Å². The van der Waals surface area contributed by atoms with Crippen LogP contribution in [-0.4, -0.2) is 76.4 Å². The number of unbranched alkanes of at least 4 members (excludes halogenated alkanes) is 1. The summed E-state index contributed by atoms with van der Waals surface area (Å²) in [5.41, 5.74) is 1.00. The quantitative estimate of drug-likeness (QED) is 0.524. The average molecular weight is 487 g/mol. The molecule has 0 radical (unpaired) electrons. The smallest absolute Gasteiger partial charge is 0.203 e. The minimum Gasteiger partial charge on any atom is -0.493 e. The molecule has 3 rings (SSSR count). The van der Waals surface area contributed by atoms with Gasteiger partial charge < -0.3 is 24.4 Å². The van der Waals surface area contributed by atoms with Gasteiger partial charge in [-0.1, -0.05) is 6.42 Å². The zero-order valence-electron chi connectivity index (χ0n) is 18.4. The molecule has 2 fully saturated rings. The van der Waals surface area contributed by atoms with Crippen molar-refractivity contribution in [3.8, 4) is 17.2 Å². The lowest BCUT2D eigenvalue weighted by Gasteiger charge is -2.44. The van der Waals surface area contributed by atoms with Crippen LogP contribution >= 0.6 is 37.2 Å². The number of nitrogens with one attached hydrogen (secondary N) is 1. The van der Waals surface area contributed by atoms with Gasteiger partial charge >= 0.3 is 0 Å². The molecule has 0 aliphatic carbocycles. The van der Waals surface area contributed by atoms with Gasteiger partial charge in [0.15, 0.2) is 11.5 Å². The number of halogens is 3. The average Bonchev–Trinajstić information content (AvgIpc) is 2.72. The van der Waals surface area contributed by atoms with E-state index in [1.165, 1.54) is 58.4 Å². The molecule has 2 aliphatic rings. The number of hydrogen-bond acceptors (Lipinski definition) is 6. The first-order valence-electron chi connectivity index (χ1n) is 10.3. The molecule has 0 spiro atoms. The molecule has 30 heavy (non-hydrogen) atoms. The van der Waals surface area contributed by atoms with Crippen LogP contribution in [0.3, 0.4) is 0 Å². The molecule has 0 amide bonds. The number of ether oxygens (including phenoxy) is 3. The van der Waals surface area contributed by atoms with Gasteiger partial charge in [-0.3, -0.25) is 4.90 Å². The minimum absolute atomic E-state index is 0. The third kappa shape index (κ3) is 7.72. The van der Waals surface area contributed by atoms with Crippen LogP contribution in [0.2, 0.25) is 0 Å². The Morgan fingerprint density at radius 1 is 0.900 bits per heavy atom. The van der Waals surface area contributed by atoms with Crippen LogP contribution in [0.1, 0.15) is 32.1 Å². The number of nitrogens with zero attached hydrogens (tertiary/aromatic N) is 2. The summed E-state index contributed by atoms with van der Waals surface area (Å²) in [5, 5.41) is 3.49. The van der Waals surface area contributed by atoms with Gasteiger partial charge in [0.25, 0.3) is 0 Å². The number of hydrogen-bond donors (Lipinski definition) is 1. The Morgan fingerprint density at radius 2 is 1.60 bits per heavy atom. The highest BCUT2D eigenvalue weighted by atomic mass is 35.5. The Balaban J connectivity index is 0.00000280. The van der Waals surface area contributed by atoms with E-state index in [2.05, 4.69) is 15.1 Å². The van der Waals surface area contributed by atoms with Crippen LogP contribution in [0, 0.1) is 0 Å². The standard InChI is InChI=1S/C21H35N3O3.3ClH/c1-25-19-14-17(15-20(26-2)21(19)27-3)22-9-5-7-10-23-12-13-24-11-6-4-8-18(24)16-23;;;/h14-15,18,22H,4-13,16H2,1-3H3;3*1H. The lowest BCUT2D eigenvalue weighted by Crippen LogP contribution is -2.54. The van der Waals surface area contributed by atoms with E-state index < -0.39 is 0 Å². The Labute approximate surface area is 200 Å². The summed E-state index contributed by atoms with van der Waals surface area (Å²) in [5.74, 6) is 2.00. The maximum atomic E-state index is 5.41. The largest absolute Gasteiger partial charge is 0.493 e. The molecular formula is C21H38Cl3N3O3. The van der Waals surface area contributed by atoms with Gasteiger partial charge in [0.05, 0.1) is 21.3 Å². The molecule has 0 bridgehead atoms. The summed E-state index contributed by atoms with van der Waals surface area (Å²) in [7, 11) is 4.92. The summed E-state index contributed by atoms with van der Waals surface area (Å²) in [4.78, 5) is 5.36. The third-order valence-corrected chi connectivity index (χ3v) is 5.82. The first kappa shape index (κ1) is 29.2. The van der Waals surface area contributed by atoms with Crippen LogP contribution < -0.4 is 19.5 Å². The number of methoxy groups -OCH3 is 3. The molecule has 6 nitrogen and oxygen atoms in total. The van der Waals surface area contributed by atoms with E-state index in [1.54, 1.807) is 21.3 Å². The summed E-state index contributed by atoms with van der Waals surface area (Å²) < 4.78 is 16.2. The molecule has 176 valence electrons. The van der Waals surface area contributed by atoms with Crippen molar-refractivity contribution in [2.75, 3.05) is 65.9 Å². The first-order valence-corrected chi connectivity index (χ1v) is 10.3. The molecule has 1 unspecified atom stereocenters. The van der Waals surface area contributed by atoms with Crippen molar-refractivity contribution in [1.29, 1.82) is 0 Å². The molecule has 1 aromatic carbocycles. The fourth-order valence-electron chi connectivity index (χ4n) is 4.30. The first-order chi connectivity index (χ1) is 13.2. The fraction of sp³-hybridized carbons (Fsp3) is 0.714.